The fraction of sp³-hybridized carbons (Fsp3) is 0.143. The third-order valence-electron chi connectivity index (χ3n) is 1.52. The fourth-order valence-corrected chi connectivity index (χ4v) is 1.10. The predicted octanol–water partition coefficient (Wildman–Crippen LogP) is -0.488. The van der Waals surface area contributed by atoms with E-state index in [9.17, 15) is 0 Å². The molecule has 1 rings (SSSR count). The maximum atomic E-state index is 8.81. The summed E-state index contributed by atoms with van der Waals surface area (Å²) in [6.07, 6.45) is 0. The summed E-state index contributed by atoms with van der Waals surface area (Å²) in [6.45, 7) is -0.142. The molecule has 3 N–H and O–H groups in total. The van der Waals surface area contributed by atoms with Crippen molar-refractivity contribution in [1.29, 1.82) is 0 Å². The summed E-state index contributed by atoms with van der Waals surface area (Å²) in [7, 11) is -1.59. The Morgan fingerprint density at radius 1 is 1.33 bits per heavy atom. The van der Waals surface area contributed by atoms with Gasteiger partial charge in [-0.15, -0.1) is 0 Å². The highest BCUT2D eigenvalue weighted by molar-refractivity contribution is 6.62. The van der Waals surface area contributed by atoms with E-state index in [1.165, 1.54) is 12.1 Å². The van der Waals surface area contributed by atoms with E-state index in [1.807, 2.05) is 0 Å². The number of benzene rings is 1. The molecule has 0 heterocycles. The second-order valence-electron chi connectivity index (χ2n) is 2.39. The molecule has 1 aromatic rings. The predicted molar refractivity (Wildman–Crippen MR) is 47.2 cm³/mol. The quantitative estimate of drug-likeness (QED) is 0.546. The van der Waals surface area contributed by atoms with E-state index in [1.54, 1.807) is 6.07 Å². The van der Waals surface area contributed by atoms with Gasteiger partial charge in [0.05, 0.1) is 6.61 Å². The molecule has 0 aliphatic heterocycles. The molecular formula is C7H8BClO3. The van der Waals surface area contributed by atoms with Crippen LogP contribution >= 0.6 is 11.6 Å². The number of rotatable bonds is 2. The summed E-state index contributed by atoms with van der Waals surface area (Å²) in [4.78, 5) is 0. The van der Waals surface area contributed by atoms with Gasteiger partial charge in [-0.05, 0) is 11.6 Å². The van der Waals surface area contributed by atoms with E-state index < -0.39 is 7.12 Å². The van der Waals surface area contributed by atoms with Gasteiger partial charge in [-0.2, -0.15) is 0 Å². The average Bonchev–Trinajstić information content (AvgIpc) is 2.05. The van der Waals surface area contributed by atoms with Gasteiger partial charge in [0.15, 0.2) is 0 Å². The van der Waals surface area contributed by atoms with Crippen LogP contribution in [0.4, 0.5) is 0 Å². The topological polar surface area (TPSA) is 60.7 Å². The Labute approximate surface area is 75.4 Å². The molecule has 0 aliphatic carbocycles. The first kappa shape index (κ1) is 9.54. The third kappa shape index (κ3) is 1.98. The Hall–Kier alpha value is -0.545. The van der Waals surface area contributed by atoms with Crippen molar-refractivity contribution in [2.75, 3.05) is 0 Å². The molecule has 5 heteroatoms. The van der Waals surface area contributed by atoms with Gasteiger partial charge in [0.2, 0.25) is 0 Å². The lowest BCUT2D eigenvalue weighted by molar-refractivity contribution is 0.282. The molecule has 0 fully saturated rings. The molecule has 0 spiro atoms. The Morgan fingerprint density at radius 3 is 2.50 bits per heavy atom. The molecule has 0 radical (unpaired) electrons. The first-order valence-electron chi connectivity index (χ1n) is 3.40. The largest absolute Gasteiger partial charge is 0.489 e. The number of hydrogen-bond donors (Lipinski definition) is 3. The number of hydrogen-bond acceptors (Lipinski definition) is 3. The molecule has 3 nitrogen and oxygen atoms in total. The zero-order chi connectivity index (χ0) is 9.14. The maximum Gasteiger partial charge on any atom is 0.489 e. The van der Waals surface area contributed by atoms with Gasteiger partial charge in [-0.1, -0.05) is 23.7 Å². The van der Waals surface area contributed by atoms with Crippen molar-refractivity contribution >= 4 is 24.2 Å². The van der Waals surface area contributed by atoms with Crippen LogP contribution in [0.5, 0.6) is 0 Å². The van der Waals surface area contributed by atoms with Crippen molar-refractivity contribution in [3.8, 4) is 0 Å². The van der Waals surface area contributed by atoms with Crippen LogP contribution in [0.15, 0.2) is 18.2 Å². The second-order valence-corrected chi connectivity index (χ2v) is 2.79. The highest BCUT2D eigenvalue weighted by Gasteiger charge is 2.14. The minimum absolute atomic E-state index is 0.142. The summed E-state index contributed by atoms with van der Waals surface area (Å²) in [5, 5.41) is 26.6. The highest BCUT2D eigenvalue weighted by Crippen LogP contribution is 2.07. The molecule has 64 valence electrons. The Bertz CT molecular complexity index is 277. The van der Waals surface area contributed by atoms with Crippen molar-refractivity contribution in [2.24, 2.45) is 0 Å². The van der Waals surface area contributed by atoms with Crippen LogP contribution in [-0.2, 0) is 6.61 Å². The normalized spacial score (nSPS) is 10.0. The van der Waals surface area contributed by atoms with Gasteiger partial charge in [-0.3, -0.25) is 0 Å². The van der Waals surface area contributed by atoms with E-state index >= 15 is 0 Å². The lowest BCUT2D eigenvalue weighted by Gasteiger charge is -2.04. The summed E-state index contributed by atoms with van der Waals surface area (Å²) < 4.78 is 0. The molecular weight excluding hydrogens is 178 g/mol. The van der Waals surface area contributed by atoms with Crippen molar-refractivity contribution in [3.63, 3.8) is 0 Å². The summed E-state index contributed by atoms with van der Waals surface area (Å²) in [5.41, 5.74) is 0.811. The van der Waals surface area contributed by atoms with E-state index in [0.717, 1.165) is 0 Å². The van der Waals surface area contributed by atoms with Gasteiger partial charge < -0.3 is 15.2 Å². The van der Waals surface area contributed by atoms with E-state index in [2.05, 4.69) is 0 Å². The molecule has 0 amide bonds. The zero-order valence-electron chi connectivity index (χ0n) is 6.24. The molecule has 0 unspecified atom stereocenters. The lowest BCUT2D eigenvalue weighted by Crippen LogP contribution is -2.31. The Kier molecular flexibility index (Phi) is 3.11. The van der Waals surface area contributed by atoms with E-state index in [-0.39, 0.29) is 17.1 Å². The molecule has 0 aromatic heterocycles. The maximum absolute atomic E-state index is 8.81. The Balaban J connectivity index is 3.08. The smallest absolute Gasteiger partial charge is 0.423 e. The number of halogens is 1. The summed E-state index contributed by atoms with van der Waals surface area (Å²) >= 11 is 5.65. The molecule has 1 aromatic carbocycles. The standard InChI is InChI=1S/C7H8BClO3/c9-7-2-1-5(4-10)3-6(7)8(11)12/h1-3,10-12H,4H2. The van der Waals surface area contributed by atoms with Gasteiger partial charge in [-0.25, -0.2) is 0 Å². The number of aliphatic hydroxyl groups excluding tert-OH is 1. The minimum Gasteiger partial charge on any atom is -0.423 e. The first-order valence-corrected chi connectivity index (χ1v) is 3.78. The monoisotopic (exact) mass is 186 g/mol. The van der Waals surface area contributed by atoms with Gasteiger partial charge in [0.1, 0.15) is 0 Å². The Morgan fingerprint density at radius 2 is 2.00 bits per heavy atom. The van der Waals surface area contributed by atoms with Crippen LogP contribution in [0.3, 0.4) is 0 Å². The van der Waals surface area contributed by atoms with Crippen molar-refractivity contribution < 1.29 is 15.2 Å². The van der Waals surface area contributed by atoms with Crippen LogP contribution in [0, 0.1) is 0 Å². The molecule has 0 saturated heterocycles. The highest BCUT2D eigenvalue weighted by atomic mass is 35.5. The van der Waals surface area contributed by atoms with Crippen LogP contribution in [0.25, 0.3) is 0 Å². The van der Waals surface area contributed by atoms with Crippen molar-refractivity contribution in [1.82, 2.24) is 0 Å². The van der Waals surface area contributed by atoms with Crippen molar-refractivity contribution in [2.45, 2.75) is 6.61 Å². The van der Waals surface area contributed by atoms with Crippen LogP contribution in [-0.4, -0.2) is 22.3 Å². The molecule has 0 atom stereocenters. The second kappa shape index (κ2) is 3.91. The van der Waals surface area contributed by atoms with Gasteiger partial charge in [0.25, 0.3) is 0 Å². The van der Waals surface area contributed by atoms with Gasteiger partial charge >= 0.3 is 7.12 Å². The van der Waals surface area contributed by atoms with Crippen LogP contribution < -0.4 is 5.46 Å². The van der Waals surface area contributed by atoms with Crippen molar-refractivity contribution in [3.05, 3.63) is 28.8 Å². The molecule has 0 saturated carbocycles. The third-order valence-corrected chi connectivity index (χ3v) is 1.87. The minimum atomic E-state index is -1.59. The van der Waals surface area contributed by atoms with Crippen LogP contribution in [0.2, 0.25) is 5.02 Å². The lowest BCUT2D eigenvalue weighted by atomic mass is 9.79. The van der Waals surface area contributed by atoms with Crippen LogP contribution in [0.1, 0.15) is 5.56 Å². The first-order chi connectivity index (χ1) is 5.65. The molecule has 12 heavy (non-hydrogen) atoms. The van der Waals surface area contributed by atoms with Gasteiger partial charge in [0, 0.05) is 10.5 Å². The molecule has 0 bridgehead atoms. The van der Waals surface area contributed by atoms with E-state index in [4.69, 9.17) is 26.8 Å². The number of aliphatic hydroxyl groups is 1. The van der Waals surface area contributed by atoms with E-state index in [0.29, 0.717) is 5.56 Å². The summed E-state index contributed by atoms with van der Waals surface area (Å²) in [6, 6.07) is 4.59. The zero-order valence-corrected chi connectivity index (χ0v) is 6.99. The molecule has 0 aliphatic rings. The fourth-order valence-electron chi connectivity index (χ4n) is 0.889. The SMILES string of the molecule is OCc1ccc(Cl)c(B(O)O)c1. The summed E-state index contributed by atoms with van der Waals surface area (Å²) in [5.74, 6) is 0. The average molecular weight is 186 g/mol.